The molecule has 0 saturated carbocycles. The number of benzene rings is 2. The number of nitrogens with one attached hydrogen (secondary N) is 2. The molecule has 0 aliphatic carbocycles. The van der Waals surface area contributed by atoms with Crippen LogP contribution >= 0.6 is 0 Å². The predicted molar refractivity (Wildman–Crippen MR) is 127 cm³/mol. The zero-order valence-electron chi connectivity index (χ0n) is 20.1. The summed E-state index contributed by atoms with van der Waals surface area (Å²) in [5.41, 5.74) is 0.208. The molecule has 0 bridgehead atoms. The van der Waals surface area contributed by atoms with Crippen LogP contribution in [-0.4, -0.2) is 69.8 Å². The lowest BCUT2D eigenvalue weighted by molar-refractivity contribution is -0.144. The zero-order valence-corrected chi connectivity index (χ0v) is 20.9. The maximum atomic E-state index is 13.3. The Kier molecular flexibility index (Phi) is 7.83. The van der Waals surface area contributed by atoms with Crippen LogP contribution in [0.4, 0.5) is 23.2 Å². The van der Waals surface area contributed by atoms with Gasteiger partial charge in [-0.2, -0.15) is 13.2 Å². The fourth-order valence-electron chi connectivity index (χ4n) is 4.40. The van der Waals surface area contributed by atoms with E-state index >= 15 is 0 Å². The van der Waals surface area contributed by atoms with E-state index < -0.39 is 58.6 Å². The van der Waals surface area contributed by atoms with Crippen molar-refractivity contribution in [2.75, 3.05) is 24.9 Å². The number of carbonyl (C=O) groups excluding carboxylic acids is 2. The molecule has 3 atom stereocenters. The normalized spacial score (nSPS) is 21.9. The minimum Gasteiger partial charge on any atom is -0.490 e. The monoisotopic (exact) mass is 559 g/mol. The molecule has 0 radical (unpaired) electrons. The lowest BCUT2D eigenvalue weighted by Gasteiger charge is -2.42. The van der Waals surface area contributed by atoms with Gasteiger partial charge in [-0.1, -0.05) is 0 Å². The Hall–Kier alpha value is -3.39. The summed E-state index contributed by atoms with van der Waals surface area (Å²) in [7, 11) is -2.49. The standard InChI is InChI=1S/C24H25F4N3O6S/c1-31-19-8-5-16(11-22(32)29-13-24(26,27)28)37-21(19)12-36-20-9-4-15(10-18(20)23(31)33)30-38(34,35)17-6-2-14(25)3-7-17/h2-4,6-7,9-10,16,19,21,30H,5,8,11-13H2,1H3,(H,29,32)/t16-,19-,21+/m1/s1. The molecule has 2 amide bonds. The highest BCUT2D eigenvalue weighted by Crippen LogP contribution is 2.33. The van der Waals surface area contributed by atoms with Crippen molar-refractivity contribution < 1.29 is 45.0 Å². The fourth-order valence-corrected chi connectivity index (χ4v) is 5.45. The number of halogens is 4. The molecule has 9 nitrogen and oxygen atoms in total. The third-order valence-electron chi connectivity index (χ3n) is 6.29. The Balaban J connectivity index is 1.46. The van der Waals surface area contributed by atoms with Crippen molar-refractivity contribution in [3.63, 3.8) is 0 Å². The molecule has 2 N–H and O–H groups in total. The Morgan fingerprint density at radius 3 is 2.53 bits per heavy atom. The van der Waals surface area contributed by atoms with Crippen LogP contribution in [0.2, 0.25) is 0 Å². The number of alkyl halides is 3. The van der Waals surface area contributed by atoms with Gasteiger partial charge < -0.3 is 19.7 Å². The highest BCUT2D eigenvalue weighted by Gasteiger charge is 2.39. The van der Waals surface area contributed by atoms with Gasteiger partial charge in [-0.15, -0.1) is 0 Å². The van der Waals surface area contributed by atoms with Crippen LogP contribution in [0.5, 0.6) is 5.75 Å². The third kappa shape index (κ3) is 6.54. The number of nitrogens with zero attached hydrogens (tertiary/aromatic N) is 1. The Morgan fingerprint density at radius 1 is 1.13 bits per heavy atom. The first-order valence-corrected chi connectivity index (χ1v) is 13.1. The fraction of sp³-hybridized carbons (Fsp3) is 0.417. The van der Waals surface area contributed by atoms with E-state index in [1.54, 1.807) is 7.05 Å². The molecule has 206 valence electrons. The molecule has 2 aromatic carbocycles. The number of ether oxygens (including phenoxy) is 2. The molecule has 4 rings (SSSR count). The molecule has 0 aromatic heterocycles. The third-order valence-corrected chi connectivity index (χ3v) is 7.68. The number of anilines is 1. The van der Waals surface area contributed by atoms with E-state index in [4.69, 9.17) is 9.47 Å². The number of fused-ring (bicyclic) bond motifs is 2. The van der Waals surface area contributed by atoms with E-state index in [2.05, 4.69) is 4.72 Å². The lowest BCUT2D eigenvalue weighted by atomic mass is 9.94. The Bertz CT molecular complexity index is 1300. The average molecular weight is 560 g/mol. The number of likely N-dealkylation sites (N-methyl/N-ethyl adjacent to an activating group) is 1. The molecule has 2 heterocycles. The molecule has 38 heavy (non-hydrogen) atoms. The number of hydrogen-bond donors (Lipinski definition) is 2. The Labute approximate surface area is 216 Å². The second kappa shape index (κ2) is 10.8. The number of hydrogen-bond acceptors (Lipinski definition) is 6. The molecule has 1 saturated heterocycles. The van der Waals surface area contributed by atoms with Gasteiger partial charge in [0.25, 0.3) is 15.9 Å². The van der Waals surface area contributed by atoms with E-state index in [-0.39, 0.29) is 34.9 Å². The van der Waals surface area contributed by atoms with Crippen molar-refractivity contribution in [3.05, 3.63) is 53.8 Å². The van der Waals surface area contributed by atoms with E-state index in [0.29, 0.717) is 12.8 Å². The highest BCUT2D eigenvalue weighted by molar-refractivity contribution is 7.92. The van der Waals surface area contributed by atoms with Crippen molar-refractivity contribution in [2.45, 2.75) is 48.6 Å². The smallest absolute Gasteiger partial charge is 0.405 e. The van der Waals surface area contributed by atoms with Crippen LogP contribution in [0.25, 0.3) is 0 Å². The molecule has 2 aliphatic rings. The largest absolute Gasteiger partial charge is 0.490 e. The van der Waals surface area contributed by atoms with E-state index in [1.807, 2.05) is 5.32 Å². The van der Waals surface area contributed by atoms with Gasteiger partial charge in [-0.05, 0) is 55.3 Å². The van der Waals surface area contributed by atoms with Gasteiger partial charge in [-0.3, -0.25) is 14.3 Å². The molecule has 2 aromatic rings. The SMILES string of the molecule is CN1C(=O)c2cc(NS(=O)(=O)c3ccc(F)cc3)ccc2OC[C@@H]2O[C@@H](CC(=O)NCC(F)(F)F)CC[C@H]21. The summed E-state index contributed by atoms with van der Waals surface area (Å²) in [5.74, 6) is -1.65. The molecular weight excluding hydrogens is 534 g/mol. The summed E-state index contributed by atoms with van der Waals surface area (Å²) in [6.45, 7) is -1.43. The first kappa shape index (κ1) is 27.6. The van der Waals surface area contributed by atoms with Crippen LogP contribution in [0, 0.1) is 5.82 Å². The molecule has 2 aliphatic heterocycles. The highest BCUT2D eigenvalue weighted by atomic mass is 32.2. The quantitative estimate of drug-likeness (QED) is 0.526. The van der Waals surface area contributed by atoms with Crippen LogP contribution in [0.15, 0.2) is 47.4 Å². The van der Waals surface area contributed by atoms with Gasteiger partial charge in [0.2, 0.25) is 5.91 Å². The van der Waals surface area contributed by atoms with E-state index in [0.717, 1.165) is 24.3 Å². The summed E-state index contributed by atoms with van der Waals surface area (Å²) < 4.78 is 89.7. The second-order valence-corrected chi connectivity index (χ2v) is 10.7. The van der Waals surface area contributed by atoms with Crippen LogP contribution in [0.3, 0.4) is 0 Å². The summed E-state index contributed by atoms with van der Waals surface area (Å²) in [6.07, 6.45) is -5.30. The minimum atomic E-state index is -4.52. The summed E-state index contributed by atoms with van der Waals surface area (Å²) in [4.78, 5) is 26.5. The van der Waals surface area contributed by atoms with Gasteiger partial charge in [0.1, 0.15) is 30.8 Å². The van der Waals surface area contributed by atoms with Crippen LogP contribution < -0.4 is 14.8 Å². The maximum Gasteiger partial charge on any atom is 0.405 e. The molecule has 1 fully saturated rings. The molecular formula is C24H25F4N3O6S. The van der Waals surface area contributed by atoms with Crippen LogP contribution in [0.1, 0.15) is 29.6 Å². The van der Waals surface area contributed by atoms with Crippen LogP contribution in [-0.2, 0) is 19.6 Å². The zero-order chi connectivity index (χ0) is 27.7. The molecule has 0 spiro atoms. The van der Waals surface area contributed by atoms with Gasteiger partial charge in [0, 0.05) is 12.7 Å². The number of rotatable bonds is 6. The van der Waals surface area contributed by atoms with Gasteiger partial charge >= 0.3 is 6.18 Å². The molecule has 0 unspecified atom stereocenters. The van der Waals surface area contributed by atoms with Crippen molar-refractivity contribution >= 4 is 27.5 Å². The van der Waals surface area contributed by atoms with Gasteiger partial charge in [0.05, 0.1) is 29.0 Å². The minimum absolute atomic E-state index is 0.00336. The Morgan fingerprint density at radius 2 is 1.84 bits per heavy atom. The lowest BCUT2D eigenvalue weighted by Crippen LogP contribution is -2.54. The van der Waals surface area contributed by atoms with Gasteiger partial charge in [0.15, 0.2) is 0 Å². The summed E-state index contributed by atoms with van der Waals surface area (Å²) in [6, 6.07) is 7.99. The van der Waals surface area contributed by atoms with Gasteiger partial charge in [-0.25, -0.2) is 12.8 Å². The average Bonchev–Trinajstić information content (AvgIpc) is 2.85. The van der Waals surface area contributed by atoms with Crippen molar-refractivity contribution in [1.82, 2.24) is 10.2 Å². The summed E-state index contributed by atoms with van der Waals surface area (Å²) in [5, 5.41) is 1.82. The first-order chi connectivity index (χ1) is 17.8. The second-order valence-electron chi connectivity index (χ2n) is 9.03. The van der Waals surface area contributed by atoms with Crippen molar-refractivity contribution in [3.8, 4) is 5.75 Å². The van der Waals surface area contributed by atoms with Crippen molar-refractivity contribution in [2.24, 2.45) is 0 Å². The summed E-state index contributed by atoms with van der Waals surface area (Å²) >= 11 is 0. The maximum absolute atomic E-state index is 13.3. The predicted octanol–water partition coefficient (Wildman–Crippen LogP) is 3.08. The van der Waals surface area contributed by atoms with E-state index in [1.165, 1.54) is 23.1 Å². The number of sulfonamides is 1. The topological polar surface area (TPSA) is 114 Å². The van der Waals surface area contributed by atoms with E-state index in [9.17, 15) is 35.6 Å². The number of amides is 2. The van der Waals surface area contributed by atoms with Crippen molar-refractivity contribution in [1.29, 1.82) is 0 Å². The molecule has 14 heteroatoms. The first-order valence-electron chi connectivity index (χ1n) is 11.6. The number of carbonyl (C=O) groups is 2.